The standard InChI is InChI=1S/C15H10BF4NO/c16-12-5-4-11(8-13(12)17)21-14(22)7-9-2-1-3-10(6-9)15(18,19)20/h1-6,8H,7H2,(H,21,22). The fourth-order valence-corrected chi connectivity index (χ4v) is 1.85. The van der Waals surface area contributed by atoms with Crippen molar-refractivity contribution >= 4 is 24.9 Å². The predicted octanol–water partition coefficient (Wildman–Crippen LogP) is 2.82. The second-order valence-electron chi connectivity index (χ2n) is 4.66. The van der Waals surface area contributed by atoms with Crippen LogP contribution in [0.25, 0.3) is 0 Å². The van der Waals surface area contributed by atoms with Gasteiger partial charge in [0.25, 0.3) is 0 Å². The molecule has 0 bridgehead atoms. The van der Waals surface area contributed by atoms with Gasteiger partial charge in [0.1, 0.15) is 13.7 Å². The van der Waals surface area contributed by atoms with Crippen LogP contribution < -0.4 is 10.8 Å². The highest BCUT2D eigenvalue weighted by Gasteiger charge is 2.30. The predicted molar refractivity (Wildman–Crippen MR) is 75.6 cm³/mol. The molecule has 0 heterocycles. The fraction of sp³-hybridized carbons (Fsp3) is 0.133. The van der Waals surface area contributed by atoms with Crippen molar-refractivity contribution in [1.29, 1.82) is 0 Å². The Labute approximate surface area is 125 Å². The highest BCUT2D eigenvalue weighted by atomic mass is 19.4. The number of rotatable bonds is 3. The highest BCUT2D eigenvalue weighted by molar-refractivity contribution is 6.32. The number of hydrogen-bond acceptors (Lipinski definition) is 1. The Morgan fingerprint density at radius 1 is 1.14 bits per heavy atom. The number of alkyl halides is 3. The lowest BCUT2D eigenvalue weighted by Crippen LogP contribution is -2.16. The summed E-state index contributed by atoms with van der Waals surface area (Å²) in [6, 6.07) is 8.21. The van der Waals surface area contributed by atoms with Crippen molar-refractivity contribution in [2.24, 2.45) is 0 Å². The van der Waals surface area contributed by atoms with Crippen LogP contribution in [0.2, 0.25) is 0 Å². The molecule has 0 aliphatic rings. The van der Waals surface area contributed by atoms with Crippen molar-refractivity contribution in [1.82, 2.24) is 0 Å². The molecule has 22 heavy (non-hydrogen) atoms. The van der Waals surface area contributed by atoms with Crippen LogP contribution in [-0.2, 0) is 17.4 Å². The van der Waals surface area contributed by atoms with E-state index in [4.69, 9.17) is 7.85 Å². The quantitative estimate of drug-likeness (QED) is 0.686. The SMILES string of the molecule is [B]c1ccc(NC(=O)Cc2cccc(C(F)(F)F)c2)cc1F. The molecule has 0 fully saturated rings. The van der Waals surface area contributed by atoms with Gasteiger partial charge in [-0.15, -0.1) is 0 Å². The molecule has 0 atom stereocenters. The van der Waals surface area contributed by atoms with Crippen LogP contribution in [0.3, 0.4) is 0 Å². The molecule has 0 saturated carbocycles. The average molecular weight is 307 g/mol. The van der Waals surface area contributed by atoms with E-state index < -0.39 is 23.5 Å². The van der Waals surface area contributed by atoms with Crippen molar-refractivity contribution in [3.8, 4) is 0 Å². The van der Waals surface area contributed by atoms with E-state index in [0.29, 0.717) is 0 Å². The first-order chi connectivity index (χ1) is 10.3. The third-order valence-corrected chi connectivity index (χ3v) is 2.90. The number of halogens is 4. The molecule has 1 N–H and O–H groups in total. The van der Waals surface area contributed by atoms with Crippen LogP contribution in [-0.4, -0.2) is 13.8 Å². The monoisotopic (exact) mass is 307 g/mol. The summed E-state index contributed by atoms with van der Waals surface area (Å²) in [5, 5.41) is 2.40. The van der Waals surface area contributed by atoms with Crippen LogP contribution >= 0.6 is 0 Å². The zero-order valence-electron chi connectivity index (χ0n) is 11.2. The first-order valence-electron chi connectivity index (χ1n) is 6.27. The van der Waals surface area contributed by atoms with Gasteiger partial charge < -0.3 is 5.32 Å². The second kappa shape index (κ2) is 6.21. The Kier molecular flexibility index (Phi) is 4.54. The number of carbonyl (C=O) groups excluding carboxylic acids is 1. The summed E-state index contributed by atoms with van der Waals surface area (Å²) in [6.07, 6.45) is -4.72. The molecule has 2 aromatic carbocycles. The maximum atomic E-state index is 13.2. The summed E-state index contributed by atoms with van der Waals surface area (Å²) in [6.45, 7) is 0. The van der Waals surface area contributed by atoms with E-state index in [-0.39, 0.29) is 23.1 Å². The van der Waals surface area contributed by atoms with Crippen LogP contribution in [0.5, 0.6) is 0 Å². The lowest BCUT2D eigenvalue weighted by molar-refractivity contribution is -0.137. The van der Waals surface area contributed by atoms with Crippen LogP contribution in [0.4, 0.5) is 23.2 Å². The lowest BCUT2D eigenvalue weighted by atomic mass is 9.95. The summed E-state index contributed by atoms with van der Waals surface area (Å²) in [4.78, 5) is 11.8. The van der Waals surface area contributed by atoms with E-state index in [0.717, 1.165) is 18.2 Å². The summed E-state index contributed by atoms with van der Waals surface area (Å²) < 4.78 is 51.0. The van der Waals surface area contributed by atoms with Crippen molar-refractivity contribution in [2.45, 2.75) is 12.6 Å². The van der Waals surface area contributed by atoms with Crippen molar-refractivity contribution in [3.05, 3.63) is 59.4 Å². The molecule has 2 aromatic rings. The van der Waals surface area contributed by atoms with E-state index in [1.807, 2.05) is 0 Å². The van der Waals surface area contributed by atoms with Gasteiger partial charge in [-0.05, 0) is 23.8 Å². The normalized spacial score (nSPS) is 11.3. The minimum Gasteiger partial charge on any atom is -0.326 e. The fourth-order valence-electron chi connectivity index (χ4n) is 1.85. The van der Waals surface area contributed by atoms with Gasteiger partial charge in [0.15, 0.2) is 0 Å². The number of nitrogens with one attached hydrogen (secondary N) is 1. The van der Waals surface area contributed by atoms with Crippen molar-refractivity contribution in [2.75, 3.05) is 5.32 Å². The average Bonchev–Trinajstić information content (AvgIpc) is 2.42. The summed E-state index contributed by atoms with van der Waals surface area (Å²) >= 11 is 0. The Morgan fingerprint density at radius 3 is 2.50 bits per heavy atom. The van der Waals surface area contributed by atoms with Gasteiger partial charge in [-0.25, -0.2) is 4.39 Å². The zero-order valence-corrected chi connectivity index (χ0v) is 11.2. The van der Waals surface area contributed by atoms with E-state index in [1.165, 1.54) is 24.3 Å². The molecule has 0 aromatic heterocycles. The van der Waals surface area contributed by atoms with Crippen LogP contribution in [0, 0.1) is 5.82 Å². The van der Waals surface area contributed by atoms with Gasteiger partial charge in [0.2, 0.25) is 5.91 Å². The minimum atomic E-state index is -4.47. The van der Waals surface area contributed by atoms with E-state index in [1.54, 1.807) is 0 Å². The molecule has 0 spiro atoms. The second-order valence-corrected chi connectivity index (χ2v) is 4.66. The Balaban J connectivity index is 2.07. The maximum absolute atomic E-state index is 13.2. The molecule has 0 saturated heterocycles. The molecule has 0 unspecified atom stereocenters. The molecule has 112 valence electrons. The maximum Gasteiger partial charge on any atom is 0.416 e. The number of benzene rings is 2. The van der Waals surface area contributed by atoms with Crippen molar-refractivity contribution < 1.29 is 22.4 Å². The smallest absolute Gasteiger partial charge is 0.326 e. The molecular weight excluding hydrogens is 297 g/mol. The number of anilines is 1. The van der Waals surface area contributed by atoms with Gasteiger partial charge in [-0.2, -0.15) is 13.2 Å². The van der Waals surface area contributed by atoms with Crippen LogP contribution in [0.1, 0.15) is 11.1 Å². The largest absolute Gasteiger partial charge is 0.416 e. The van der Waals surface area contributed by atoms with Gasteiger partial charge in [-0.3, -0.25) is 4.79 Å². The zero-order chi connectivity index (χ0) is 16.3. The van der Waals surface area contributed by atoms with Gasteiger partial charge in [0, 0.05) is 5.69 Å². The summed E-state index contributed by atoms with van der Waals surface area (Å²) in [5.74, 6) is -1.24. The molecule has 0 aliphatic heterocycles. The lowest BCUT2D eigenvalue weighted by Gasteiger charge is -2.09. The molecule has 1 amide bonds. The van der Waals surface area contributed by atoms with Gasteiger partial charge in [0.05, 0.1) is 12.0 Å². The van der Waals surface area contributed by atoms with E-state index in [2.05, 4.69) is 5.32 Å². The number of carbonyl (C=O) groups is 1. The topological polar surface area (TPSA) is 29.1 Å². The summed E-state index contributed by atoms with van der Waals surface area (Å²) in [5.41, 5.74) is -0.487. The van der Waals surface area contributed by atoms with Gasteiger partial charge >= 0.3 is 6.18 Å². The third-order valence-electron chi connectivity index (χ3n) is 2.90. The molecule has 2 nitrogen and oxygen atoms in total. The Bertz CT molecular complexity index is 700. The Morgan fingerprint density at radius 2 is 1.86 bits per heavy atom. The third kappa shape index (κ3) is 4.10. The first-order valence-corrected chi connectivity index (χ1v) is 6.27. The molecule has 0 aliphatic carbocycles. The number of hydrogen-bond donors (Lipinski definition) is 1. The summed E-state index contributed by atoms with van der Waals surface area (Å²) in [7, 11) is 5.31. The van der Waals surface area contributed by atoms with Crippen molar-refractivity contribution in [3.63, 3.8) is 0 Å². The Hall–Kier alpha value is -2.31. The molecular formula is C15H10BF4NO. The van der Waals surface area contributed by atoms with E-state index >= 15 is 0 Å². The molecule has 2 rings (SSSR count). The van der Waals surface area contributed by atoms with E-state index in [9.17, 15) is 22.4 Å². The minimum absolute atomic E-state index is 0.0594. The number of amides is 1. The first kappa shape index (κ1) is 16.1. The highest BCUT2D eigenvalue weighted by Crippen LogP contribution is 2.29. The van der Waals surface area contributed by atoms with Crippen LogP contribution in [0.15, 0.2) is 42.5 Å². The molecule has 2 radical (unpaired) electrons. The molecule has 7 heteroatoms. The van der Waals surface area contributed by atoms with Gasteiger partial charge in [-0.1, -0.05) is 29.7 Å².